The van der Waals surface area contributed by atoms with Gasteiger partial charge < -0.3 is 25.3 Å². The molecule has 8 nitrogen and oxygen atoms in total. The van der Waals surface area contributed by atoms with E-state index in [4.69, 9.17) is 0 Å². The van der Waals surface area contributed by atoms with Crippen LogP contribution < -0.4 is 5.32 Å². The molecule has 236 valence electrons. The van der Waals surface area contributed by atoms with Crippen LogP contribution in [0, 0.1) is 25.5 Å². The normalized spacial score (nSPS) is 27.1. The number of carbonyl (C=O) groups excluding carboxylic acids is 3. The Bertz CT molecular complexity index is 1750. The molecule has 1 saturated carbocycles. The highest BCUT2D eigenvalue weighted by atomic mass is 19.3. The molecule has 3 amide bonds. The lowest BCUT2D eigenvalue weighted by Crippen LogP contribution is -2.78. The maximum absolute atomic E-state index is 15.7. The number of nitrogens with zero attached hydrogens (tertiary/aromatic N) is 2. The molecule has 0 aromatic heterocycles. The van der Waals surface area contributed by atoms with Gasteiger partial charge in [-0.1, -0.05) is 30.3 Å². The lowest BCUT2D eigenvalue weighted by Gasteiger charge is -2.54. The summed E-state index contributed by atoms with van der Waals surface area (Å²) in [7, 11) is 0. The SMILES string of the molecule is Cc1cc(O)c(C)c(C(=O)NC2([C@H](O)C(=O)N3CC(F)(F)C4(C)[C@H]3C(=O)N4Cc3ccccc3F)CC2c2cccc(F)c2)c1. The number of benzene rings is 3. The van der Waals surface area contributed by atoms with Crippen molar-refractivity contribution in [3.63, 3.8) is 0 Å². The summed E-state index contributed by atoms with van der Waals surface area (Å²) in [6.07, 6.45) is -2.13. The highest BCUT2D eigenvalue weighted by Crippen LogP contribution is 2.57. The van der Waals surface area contributed by atoms with Crippen molar-refractivity contribution in [1.82, 2.24) is 15.1 Å². The zero-order chi connectivity index (χ0) is 32.6. The van der Waals surface area contributed by atoms with Gasteiger partial charge in [0.1, 0.15) is 29.0 Å². The van der Waals surface area contributed by atoms with Crippen LogP contribution in [0.2, 0.25) is 0 Å². The molecule has 2 saturated heterocycles. The second-order valence-corrected chi connectivity index (χ2v) is 12.4. The van der Waals surface area contributed by atoms with Crippen LogP contribution in [0.15, 0.2) is 60.7 Å². The number of rotatable bonds is 7. The average molecular weight is 626 g/mol. The number of β-lactam (4-membered cyclic amide) rings is 1. The fraction of sp³-hybridized carbons (Fsp3) is 0.364. The van der Waals surface area contributed by atoms with Crippen molar-refractivity contribution in [1.29, 1.82) is 0 Å². The topological polar surface area (TPSA) is 110 Å². The largest absolute Gasteiger partial charge is 0.508 e. The Hall–Kier alpha value is -4.45. The number of fused-ring (bicyclic) bond motifs is 1. The number of aromatic hydroxyl groups is 1. The van der Waals surface area contributed by atoms with Gasteiger partial charge in [0.2, 0.25) is 5.91 Å². The summed E-state index contributed by atoms with van der Waals surface area (Å²) in [6, 6.07) is 12.2. The van der Waals surface area contributed by atoms with Crippen molar-refractivity contribution in [3.05, 3.63) is 100 Å². The van der Waals surface area contributed by atoms with E-state index in [-0.39, 0.29) is 28.9 Å². The molecule has 3 unspecified atom stereocenters. The van der Waals surface area contributed by atoms with E-state index >= 15 is 8.78 Å². The van der Waals surface area contributed by atoms with Gasteiger partial charge in [-0.3, -0.25) is 14.4 Å². The molecular weight excluding hydrogens is 594 g/mol. The molecule has 0 radical (unpaired) electrons. The molecule has 45 heavy (non-hydrogen) atoms. The van der Waals surface area contributed by atoms with Gasteiger partial charge in [-0.2, -0.15) is 0 Å². The number of aliphatic hydroxyl groups excluding tert-OH is 1. The standard InChI is InChI=1S/C33H31F4N3O5/c1-17-11-22(18(2)25(41)12-17)28(43)38-32(14-23(32)19-8-6-9-21(34)13-19)27(42)30(45)39-16-33(36,37)31(3)26(39)29(44)40(31)15-20-7-4-5-10-24(20)35/h4-13,23,26-27,41-42H,14-16H2,1-3H3,(H,38,43)/t23?,26-,27-,31?,32?/m1/s1. The number of alkyl halides is 2. The fourth-order valence-corrected chi connectivity index (χ4v) is 6.90. The van der Waals surface area contributed by atoms with Gasteiger partial charge in [0, 0.05) is 29.2 Å². The number of phenolic OH excluding ortho intramolecular Hbond substituents is 1. The van der Waals surface area contributed by atoms with Crippen molar-refractivity contribution in [2.24, 2.45) is 0 Å². The van der Waals surface area contributed by atoms with Gasteiger partial charge in [0.15, 0.2) is 6.10 Å². The summed E-state index contributed by atoms with van der Waals surface area (Å²) in [5.41, 5.74) is -2.66. The molecule has 12 heteroatoms. The summed E-state index contributed by atoms with van der Waals surface area (Å²) >= 11 is 0. The number of carbonyl (C=O) groups is 3. The number of hydrogen-bond donors (Lipinski definition) is 3. The average Bonchev–Trinajstić information content (AvgIpc) is 3.67. The van der Waals surface area contributed by atoms with Crippen LogP contribution in [0.4, 0.5) is 17.6 Å². The van der Waals surface area contributed by atoms with E-state index in [1.54, 1.807) is 13.0 Å². The van der Waals surface area contributed by atoms with Crippen LogP contribution in [-0.2, 0) is 16.1 Å². The smallest absolute Gasteiger partial charge is 0.290 e. The van der Waals surface area contributed by atoms with E-state index in [0.29, 0.717) is 16.0 Å². The predicted molar refractivity (Wildman–Crippen MR) is 153 cm³/mol. The number of likely N-dealkylation sites (tertiary alicyclic amines) is 2. The van der Waals surface area contributed by atoms with E-state index < -0.39 is 77.5 Å². The third-order valence-electron chi connectivity index (χ3n) is 9.68. The molecule has 2 aliphatic heterocycles. The lowest BCUT2D eigenvalue weighted by molar-refractivity contribution is -0.193. The first-order valence-electron chi connectivity index (χ1n) is 14.4. The Balaban J connectivity index is 1.32. The van der Waals surface area contributed by atoms with Gasteiger partial charge >= 0.3 is 0 Å². The van der Waals surface area contributed by atoms with Crippen LogP contribution in [0.5, 0.6) is 5.75 Å². The number of aryl methyl sites for hydroxylation is 1. The number of halogens is 4. The summed E-state index contributed by atoms with van der Waals surface area (Å²) < 4.78 is 59.9. The van der Waals surface area contributed by atoms with Crippen molar-refractivity contribution in [3.8, 4) is 5.75 Å². The van der Waals surface area contributed by atoms with E-state index in [1.807, 2.05) is 0 Å². The first-order valence-corrected chi connectivity index (χ1v) is 14.4. The van der Waals surface area contributed by atoms with E-state index in [0.717, 1.165) is 17.9 Å². The lowest BCUT2D eigenvalue weighted by atomic mass is 9.77. The second kappa shape index (κ2) is 10.3. The first-order chi connectivity index (χ1) is 21.1. The molecule has 5 atom stereocenters. The number of amides is 3. The molecule has 2 heterocycles. The second-order valence-electron chi connectivity index (χ2n) is 12.4. The van der Waals surface area contributed by atoms with Crippen molar-refractivity contribution in [2.75, 3.05) is 6.54 Å². The minimum Gasteiger partial charge on any atom is -0.508 e. The molecule has 3 aliphatic rings. The molecule has 3 fully saturated rings. The first kappa shape index (κ1) is 30.6. The monoisotopic (exact) mass is 625 g/mol. The van der Waals surface area contributed by atoms with Crippen LogP contribution >= 0.6 is 0 Å². The predicted octanol–water partition coefficient (Wildman–Crippen LogP) is 3.95. The zero-order valence-corrected chi connectivity index (χ0v) is 24.7. The Morgan fingerprint density at radius 2 is 1.78 bits per heavy atom. The van der Waals surface area contributed by atoms with Crippen LogP contribution in [0.1, 0.15) is 51.9 Å². The Labute approximate surface area is 256 Å². The Morgan fingerprint density at radius 1 is 1.07 bits per heavy atom. The molecule has 3 aromatic rings. The summed E-state index contributed by atoms with van der Waals surface area (Å²) in [6.45, 7) is 2.66. The summed E-state index contributed by atoms with van der Waals surface area (Å²) in [5.74, 6) is -8.59. The number of aliphatic hydroxyl groups is 1. The van der Waals surface area contributed by atoms with Gasteiger partial charge in [-0.05, 0) is 68.7 Å². The highest BCUT2D eigenvalue weighted by molar-refractivity contribution is 6.00. The van der Waals surface area contributed by atoms with E-state index in [1.165, 1.54) is 55.5 Å². The third-order valence-corrected chi connectivity index (χ3v) is 9.68. The van der Waals surface area contributed by atoms with Gasteiger partial charge in [-0.25, -0.2) is 17.6 Å². The molecule has 3 N–H and O–H groups in total. The number of phenols is 1. The van der Waals surface area contributed by atoms with Gasteiger partial charge in [-0.15, -0.1) is 0 Å². The molecular formula is C33H31F4N3O5. The fourth-order valence-electron chi connectivity index (χ4n) is 6.90. The molecule has 0 bridgehead atoms. The van der Waals surface area contributed by atoms with Gasteiger partial charge in [0.05, 0.1) is 12.1 Å². The van der Waals surface area contributed by atoms with E-state index in [9.17, 15) is 33.4 Å². The highest BCUT2D eigenvalue weighted by Gasteiger charge is 2.78. The third kappa shape index (κ3) is 4.56. The summed E-state index contributed by atoms with van der Waals surface area (Å²) in [4.78, 5) is 42.2. The van der Waals surface area contributed by atoms with Crippen LogP contribution in [0.25, 0.3) is 0 Å². The maximum atomic E-state index is 15.7. The Morgan fingerprint density at radius 3 is 2.47 bits per heavy atom. The number of hydrogen-bond acceptors (Lipinski definition) is 5. The maximum Gasteiger partial charge on any atom is 0.290 e. The minimum absolute atomic E-state index is 0.0289. The number of nitrogens with one attached hydrogen (secondary N) is 1. The van der Waals surface area contributed by atoms with E-state index in [2.05, 4.69) is 5.32 Å². The zero-order valence-electron chi connectivity index (χ0n) is 24.7. The molecule has 1 aliphatic carbocycles. The van der Waals surface area contributed by atoms with Crippen LogP contribution in [0.3, 0.4) is 0 Å². The van der Waals surface area contributed by atoms with Crippen LogP contribution in [-0.4, -0.2) is 73.4 Å². The van der Waals surface area contributed by atoms with Crippen molar-refractivity contribution < 1.29 is 42.2 Å². The minimum atomic E-state index is -3.62. The van der Waals surface area contributed by atoms with Crippen molar-refractivity contribution in [2.45, 2.75) is 68.8 Å². The van der Waals surface area contributed by atoms with Gasteiger partial charge in [0.25, 0.3) is 17.7 Å². The molecule has 3 aromatic carbocycles. The molecule has 0 spiro atoms. The quantitative estimate of drug-likeness (QED) is 0.272. The van der Waals surface area contributed by atoms with Crippen molar-refractivity contribution >= 4 is 17.7 Å². The molecule has 6 rings (SSSR count). The summed E-state index contributed by atoms with van der Waals surface area (Å²) in [5, 5.41) is 24.5. The Kier molecular flexibility index (Phi) is 7.00.